The summed E-state index contributed by atoms with van der Waals surface area (Å²) in [6.45, 7) is 1.47. The van der Waals surface area contributed by atoms with Crippen molar-refractivity contribution in [3.63, 3.8) is 0 Å². The number of hydrogen-bond acceptors (Lipinski definition) is 3. The Kier molecular flexibility index (Phi) is 4.66. The number of aliphatic hydroxyl groups is 1. The predicted molar refractivity (Wildman–Crippen MR) is 102 cm³/mol. The van der Waals surface area contributed by atoms with E-state index in [1.165, 1.54) is 10.8 Å². The molecule has 0 spiro atoms. The van der Waals surface area contributed by atoms with E-state index in [1.807, 2.05) is 24.3 Å². The Hall–Kier alpha value is -2.37. The number of nitrogens with zero attached hydrogens (tertiary/aromatic N) is 2. The van der Waals surface area contributed by atoms with E-state index in [2.05, 4.69) is 28.8 Å². The van der Waals surface area contributed by atoms with Gasteiger partial charge in [0.2, 0.25) is 0 Å². The lowest BCUT2D eigenvalue weighted by atomic mass is 10.1. The molecule has 0 aliphatic carbocycles. The Balaban J connectivity index is 1.59. The van der Waals surface area contributed by atoms with Gasteiger partial charge in [0.15, 0.2) is 0 Å². The third-order valence-electron chi connectivity index (χ3n) is 5.27. The van der Waals surface area contributed by atoms with Crippen LogP contribution in [0.5, 0.6) is 0 Å². The largest absolute Gasteiger partial charge is 0.389 e. The number of carbonyl (C=O) groups is 1. The van der Waals surface area contributed by atoms with Crippen LogP contribution in [0.2, 0.25) is 0 Å². The van der Waals surface area contributed by atoms with Crippen LogP contribution in [0.1, 0.15) is 12.8 Å². The lowest BCUT2D eigenvalue weighted by Gasteiger charge is -2.33. The summed E-state index contributed by atoms with van der Waals surface area (Å²) in [5.41, 5.74) is 2.21. The van der Waals surface area contributed by atoms with E-state index in [4.69, 9.17) is 4.74 Å². The minimum absolute atomic E-state index is 0.0139. The van der Waals surface area contributed by atoms with Crippen molar-refractivity contribution < 1.29 is 14.6 Å². The Morgan fingerprint density at radius 2 is 1.69 bits per heavy atom. The maximum Gasteiger partial charge on any atom is 0.251 e. The number of amides is 1. The smallest absolute Gasteiger partial charge is 0.251 e. The fourth-order valence-corrected chi connectivity index (χ4v) is 4.03. The Morgan fingerprint density at radius 1 is 1.08 bits per heavy atom. The van der Waals surface area contributed by atoms with E-state index in [0.717, 1.165) is 23.9 Å². The van der Waals surface area contributed by atoms with Crippen LogP contribution in [0.4, 0.5) is 0 Å². The molecule has 1 N–H and O–H groups in total. The van der Waals surface area contributed by atoms with Crippen LogP contribution in [0, 0.1) is 0 Å². The highest BCUT2D eigenvalue weighted by molar-refractivity contribution is 6.07. The van der Waals surface area contributed by atoms with Gasteiger partial charge in [0.1, 0.15) is 6.10 Å². The van der Waals surface area contributed by atoms with Crippen LogP contribution < -0.4 is 0 Å². The molecular formula is C21H24N2O3. The van der Waals surface area contributed by atoms with E-state index >= 15 is 0 Å². The minimum Gasteiger partial charge on any atom is -0.389 e. The minimum atomic E-state index is -0.631. The quantitative estimate of drug-likeness (QED) is 0.768. The summed E-state index contributed by atoms with van der Waals surface area (Å²) in [7, 11) is 1.57. The van der Waals surface area contributed by atoms with Crippen molar-refractivity contribution in [3.05, 3.63) is 48.5 Å². The molecule has 2 unspecified atom stereocenters. The molecule has 0 radical (unpaired) electrons. The number of methoxy groups -OCH3 is 1. The number of β-amino-alcohol motifs (C(OH)–C–C–N with tert-alkyl or cyclic N) is 1. The summed E-state index contributed by atoms with van der Waals surface area (Å²) in [5.74, 6) is -0.0139. The molecule has 0 bridgehead atoms. The van der Waals surface area contributed by atoms with E-state index in [9.17, 15) is 9.90 Å². The molecule has 136 valence electrons. The lowest BCUT2D eigenvalue weighted by molar-refractivity contribution is -0.147. The third kappa shape index (κ3) is 2.97. The molecule has 3 aromatic rings. The molecule has 1 amide bonds. The molecular weight excluding hydrogens is 328 g/mol. The van der Waals surface area contributed by atoms with Gasteiger partial charge in [-0.05, 0) is 25.0 Å². The Bertz CT molecular complexity index is 880. The summed E-state index contributed by atoms with van der Waals surface area (Å²) in [6, 6.07) is 16.5. The van der Waals surface area contributed by atoms with Crippen molar-refractivity contribution >= 4 is 27.7 Å². The van der Waals surface area contributed by atoms with Gasteiger partial charge in [-0.3, -0.25) is 4.79 Å². The Morgan fingerprint density at radius 3 is 2.31 bits per heavy atom. The highest BCUT2D eigenvalue weighted by Crippen LogP contribution is 2.29. The SMILES string of the molecule is COC1CCCN(CC(O)Cn2c3ccccc3c3ccccc32)C1=O. The zero-order valence-electron chi connectivity index (χ0n) is 15.0. The zero-order chi connectivity index (χ0) is 18.1. The predicted octanol–water partition coefficient (Wildman–Crippen LogP) is 2.79. The van der Waals surface area contributed by atoms with Crippen LogP contribution in [0.15, 0.2) is 48.5 Å². The number of rotatable bonds is 5. The van der Waals surface area contributed by atoms with Gasteiger partial charge < -0.3 is 19.3 Å². The van der Waals surface area contributed by atoms with Gasteiger partial charge in [0.25, 0.3) is 5.91 Å². The van der Waals surface area contributed by atoms with E-state index in [1.54, 1.807) is 12.0 Å². The molecule has 1 aliphatic heterocycles. The summed E-state index contributed by atoms with van der Waals surface area (Å²) in [4.78, 5) is 14.1. The van der Waals surface area contributed by atoms with Gasteiger partial charge in [-0.15, -0.1) is 0 Å². The second-order valence-electron chi connectivity index (χ2n) is 6.95. The van der Waals surface area contributed by atoms with Crippen LogP contribution in [0.3, 0.4) is 0 Å². The number of aliphatic hydroxyl groups excluding tert-OH is 1. The number of piperidine rings is 1. The van der Waals surface area contributed by atoms with Crippen molar-refractivity contribution in [1.82, 2.24) is 9.47 Å². The van der Waals surface area contributed by atoms with Crippen LogP contribution in [0.25, 0.3) is 21.8 Å². The van der Waals surface area contributed by atoms with Gasteiger partial charge in [-0.1, -0.05) is 36.4 Å². The lowest BCUT2D eigenvalue weighted by Crippen LogP contribution is -2.48. The molecule has 4 rings (SSSR count). The van der Waals surface area contributed by atoms with Crippen LogP contribution in [-0.4, -0.2) is 52.9 Å². The fraction of sp³-hybridized carbons (Fsp3) is 0.381. The molecule has 2 aromatic carbocycles. The molecule has 26 heavy (non-hydrogen) atoms. The maximum absolute atomic E-state index is 12.4. The Labute approximate surface area is 152 Å². The highest BCUT2D eigenvalue weighted by atomic mass is 16.5. The number of aromatic nitrogens is 1. The first kappa shape index (κ1) is 17.1. The topological polar surface area (TPSA) is 54.7 Å². The summed E-state index contributed by atoms with van der Waals surface area (Å²) < 4.78 is 7.41. The fourth-order valence-electron chi connectivity index (χ4n) is 4.03. The van der Waals surface area contributed by atoms with Crippen LogP contribution in [-0.2, 0) is 16.1 Å². The second-order valence-corrected chi connectivity index (χ2v) is 6.95. The monoisotopic (exact) mass is 352 g/mol. The van der Waals surface area contributed by atoms with Crippen molar-refractivity contribution in [2.45, 2.75) is 31.6 Å². The van der Waals surface area contributed by atoms with Gasteiger partial charge in [-0.25, -0.2) is 0 Å². The number of hydrogen-bond donors (Lipinski definition) is 1. The molecule has 2 atom stereocenters. The van der Waals surface area contributed by atoms with E-state index in [-0.39, 0.29) is 12.0 Å². The molecule has 0 saturated carbocycles. The first-order chi connectivity index (χ1) is 12.7. The van der Waals surface area contributed by atoms with E-state index in [0.29, 0.717) is 19.6 Å². The van der Waals surface area contributed by atoms with Crippen molar-refractivity contribution in [2.24, 2.45) is 0 Å². The number of benzene rings is 2. The standard InChI is InChI=1S/C21H24N2O3/c1-26-20-11-6-12-22(21(20)25)13-15(24)14-23-18-9-4-2-7-16(18)17-8-3-5-10-19(17)23/h2-5,7-10,15,20,24H,6,11-14H2,1H3. The molecule has 2 heterocycles. The number of fused-ring (bicyclic) bond motifs is 3. The van der Waals surface area contributed by atoms with Crippen molar-refractivity contribution in [1.29, 1.82) is 0 Å². The molecule has 5 heteroatoms. The summed E-state index contributed by atoms with van der Waals surface area (Å²) in [6.07, 6.45) is 0.666. The van der Waals surface area contributed by atoms with Crippen molar-refractivity contribution in [2.75, 3.05) is 20.2 Å². The average Bonchev–Trinajstić information content (AvgIpc) is 2.98. The summed E-state index contributed by atoms with van der Waals surface area (Å²) >= 11 is 0. The normalized spacial score (nSPS) is 19.4. The molecule has 1 aliphatic rings. The van der Waals surface area contributed by atoms with Gasteiger partial charge in [0, 0.05) is 42.0 Å². The van der Waals surface area contributed by atoms with Gasteiger partial charge in [0.05, 0.1) is 12.6 Å². The number of likely N-dealkylation sites (tertiary alicyclic amines) is 1. The van der Waals surface area contributed by atoms with E-state index < -0.39 is 6.10 Å². The average molecular weight is 352 g/mol. The molecule has 5 nitrogen and oxygen atoms in total. The van der Waals surface area contributed by atoms with Gasteiger partial charge in [-0.2, -0.15) is 0 Å². The molecule has 1 aromatic heterocycles. The van der Waals surface area contributed by atoms with Crippen LogP contribution >= 0.6 is 0 Å². The zero-order valence-corrected chi connectivity index (χ0v) is 15.0. The molecule has 1 fully saturated rings. The molecule has 1 saturated heterocycles. The second kappa shape index (κ2) is 7.09. The third-order valence-corrected chi connectivity index (χ3v) is 5.27. The van der Waals surface area contributed by atoms with Gasteiger partial charge >= 0.3 is 0 Å². The first-order valence-electron chi connectivity index (χ1n) is 9.14. The maximum atomic E-state index is 12.4. The van der Waals surface area contributed by atoms with Crippen molar-refractivity contribution in [3.8, 4) is 0 Å². The number of para-hydroxylation sites is 2. The summed E-state index contributed by atoms with van der Waals surface area (Å²) in [5, 5.41) is 13.1. The first-order valence-corrected chi connectivity index (χ1v) is 9.14. The number of ether oxygens (including phenoxy) is 1. The highest BCUT2D eigenvalue weighted by Gasteiger charge is 2.29. The number of carbonyl (C=O) groups excluding carboxylic acids is 1.